The summed E-state index contributed by atoms with van der Waals surface area (Å²) in [5.41, 5.74) is 0.611. The standard InChI is InChI=1S/C64H106O30S.Na/c1-24(2)13-12-18-64(11,78)38-15-14-33-32-22-36(35-21-31(94-95(79,80)81)16-19-62(35,9)34(32)17-20-63(33,38)10)87-56-25(3)51(41(68)28(6)82-56)89-61-55(93-57-47(74)44(71)39(66)26(4)83-57)49(76)52(30(8)86-61)90-60-54(46(73)40(67)27(5)85-60)92-59-50(77)53(42(69)29(7)84-59)91-58-48(75)45(72)43(70)37(23-65)88-58;/h13,17,25-33,35-61,65-78H,12,14-16,18-23H2,1-11H3,(H,79,80,81);/q;+1/p-1/t25-,26-,27-,28-,29-,30-,31+,32+,33+,35-,36+,37-,38+,39-,40+,41-,42+,43+,44+,45+,46+,47-,48-,49+,50-,51-,52-,53+,54-,55-,56+,57+,58+,59+,60+,61+,62-,63+,64+;/m1./s1. The van der Waals surface area contributed by atoms with Crippen molar-refractivity contribution in [3.05, 3.63) is 23.3 Å². The van der Waals surface area contributed by atoms with Gasteiger partial charge in [0.1, 0.15) is 104 Å². The van der Waals surface area contributed by atoms with Crippen LogP contribution in [0.25, 0.3) is 0 Å². The van der Waals surface area contributed by atoms with E-state index in [1.54, 1.807) is 13.8 Å². The van der Waals surface area contributed by atoms with Crippen molar-refractivity contribution in [3.8, 4) is 0 Å². The number of rotatable bonds is 19. The van der Waals surface area contributed by atoms with Crippen molar-refractivity contribution < 1.29 is 175 Å². The molecule has 3 saturated carbocycles. The van der Waals surface area contributed by atoms with E-state index in [0.29, 0.717) is 25.7 Å². The molecular weight excluding hydrogens is 1300 g/mol. The molecular formula is C64H105NaO30S. The molecule has 4 aliphatic carbocycles. The molecule has 32 heteroatoms. The van der Waals surface area contributed by atoms with Gasteiger partial charge in [0.2, 0.25) is 10.4 Å². The maximum atomic E-state index is 12.7. The van der Waals surface area contributed by atoms with Crippen molar-refractivity contribution in [2.24, 2.45) is 40.4 Å². The Morgan fingerprint density at radius 3 is 1.68 bits per heavy atom. The zero-order valence-corrected chi connectivity index (χ0v) is 59.5. The fourth-order valence-corrected chi connectivity index (χ4v) is 18.0. The van der Waals surface area contributed by atoms with Gasteiger partial charge in [-0.2, -0.15) is 0 Å². The van der Waals surface area contributed by atoms with Crippen molar-refractivity contribution >= 4 is 10.4 Å². The third kappa shape index (κ3) is 15.8. The van der Waals surface area contributed by atoms with Gasteiger partial charge in [-0.05, 0) is 148 Å². The summed E-state index contributed by atoms with van der Waals surface area (Å²) < 4.78 is 117. The van der Waals surface area contributed by atoms with Crippen LogP contribution in [0.4, 0.5) is 0 Å². The van der Waals surface area contributed by atoms with Crippen molar-refractivity contribution in [2.75, 3.05) is 6.61 Å². The Bertz CT molecular complexity index is 2750. The molecule has 10 aliphatic rings. The summed E-state index contributed by atoms with van der Waals surface area (Å²) in [6.45, 7) is 18.6. The van der Waals surface area contributed by atoms with Crippen LogP contribution in [0.3, 0.4) is 0 Å². The van der Waals surface area contributed by atoms with Crippen molar-refractivity contribution in [1.29, 1.82) is 0 Å². The van der Waals surface area contributed by atoms with Crippen molar-refractivity contribution in [2.45, 2.75) is 330 Å². The average Bonchev–Trinajstić information content (AvgIpc) is 1.30. The van der Waals surface area contributed by atoms with Gasteiger partial charge in [-0.15, -0.1) is 0 Å². The SMILES string of the molecule is CC(C)=CCC[C@](C)(O)[C@H]1CC[C@H]2[C@@H]3C[C@H](O[C@@H]4O[C@H](C)[C@@H](O)[C@H](O[C@@H]5O[C@H](C)[C@@H](O[C@@H]6O[C@H](C)[C@H](O)[C@H](O)[C@H]6O[C@@H]6O[C@H](C)[C@H](O)[C@H](O[C@@H]7O[C@H](CO)[C@H](O)[C@H](O)[C@H]7O)[C@H]6O)[C@H](O)[C@H]5O[C@@H]5O[C@H](C)[C@@H](O)[C@H](O)[C@H]5O)[C@H]4C)[C@H]4C[C@@H](OS(=O)(=O)[O-])CC[C@]4(C)C3=CC[C@@]21C.[Na+]. The molecule has 9 fully saturated rings. The van der Waals surface area contributed by atoms with Gasteiger partial charge in [0.05, 0.1) is 61.0 Å². The summed E-state index contributed by atoms with van der Waals surface area (Å²) in [7, 11) is -5.09. The normalized spacial score (nSPS) is 52.2. The molecule has 10 rings (SSSR count). The van der Waals surface area contributed by atoms with E-state index in [2.05, 4.69) is 26.0 Å². The summed E-state index contributed by atoms with van der Waals surface area (Å²) in [6.07, 6.45) is -39.5. The summed E-state index contributed by atoms with van der Waals surface area (Å²) in [5.74, 6) is -1.21. The van der Waals surface area contributed by atoms with Crippen LogP contribution in [0.2, 0.25) is 0 Å². The summed E-state index contributed by atoms with van der Waals surface area (Å²) in [6, 6.07) is 0. The first kappa shape index (κ1) is 79.4. The number of fused-ring (bicyclic) bond motifs is 5. The van der Waals surface area contributed by atoms with Crippen LogP contribution in [-0.2, 0) is 71.4 Å². The second-order valence-corrected chi connectivity index (χ2v) is 30.8. The van der Waals surface area contributed by atoms with Gasteiger partial charge in [-0.1, -0.05) is 44.1 Å². The molecule has 96 heavy (non-hydrogen) atoms. The number of ether oxygens (including phenoxy) is 12. The first-order chi connectivity index (χ1) is 44.4. The van der Waals surface area contributed by atoms with Gasteiger partial charge >= 0.3 is 29.6 Å². The van der Waals surface area contributed by atoms with E-state index in [1.807, 2.05) is 20.8 Å². The van der Waals surface area contributed by atoms with Gasteiger partial charge in [0, 0.05) is 5.92 Å². The molecule has 0 unspecified atom stereocenters. The molecule has 6 saturated heterocycles. The molecule has 0 amide bonds. The number of hydrogen-bond donors (Lipinski definition) is 14. The number of aliphatic hydroxyl groups is 14. The Morgan fingerprint density at radius 1 is 0.573 bits per heavy atom. The quantitative estimate of drug-likeness (QED) is 0.0250. The van der Waals surface area contributed by atoms with Crippen LogP contribution in [0.15, 0.2) is 23.3 Å². The summed E-state index contributed by atoms with van der Waals surface area (Å²) in [5, 5.41) is 157. The molecule has 6 heterocycles. The predicted molar refractivity (Wildman–Crippen MR) is 322 cm³/mol. The molecule has 0 radical (unpaired) electrons. The Labute approximate surface area is 582 Å². The minimum atomic E-state index is -5.09. The molecule has 14 N–H and O–H groups in total. The van der Waals surface area contributed by atoms with E-state index in [-0.39, 0.29) is 59.1 Å². The zero-order chi connectivity index (χ0) is 69.6. The van der Waals surface area contributed by atoms with Crippen LogP contribution < -0.4 is 29.6 Å². The molecule has 0 aromatic carbocycles. The second kappa shape index (κ2) is 31.2. The van der Waals surface area contributed by atoms with Crippen LogP contribution in [0.1, 0.15) is 134 Å². The van der Waals surface area contributed by atoms with E-state index < -0.39 is 230 Å². The van der Waals surface area contributed by atoms with E-state index in [4.69, 9.17) is 61.0 Å². The van der Waals surface area contributed by atoms with Crippen molar-refractivity contribution in [1.82, 2.24) is 0 Å². The van der Waals surface area contributed by atoms with Gasteiger partial charge in [0.15, 0.2) is 37.7 Å². The van der Waals surface area contributed by atoms with E-state index in [1.165, 1.54) is 38.8 Å². The number of aliphatic hydroxyl groups excluding tert-OH is 13. The predicted octanol–water partition coefficient (Wildman–Crippen LogP) is -4.76. The minimum absolute atomic E-state index is 0. The van der Waals surface area contributed by atoms with Crippen LogP contribution in [0.5, 0.6) is 0 Å². The molecule has 6 aliphatic heterocycles. The molecule has 39 atom stereocenters. The molecule has 0 aromatic heterocycles. The van der Waals surface area contributed by atoms with Gasteiger partial charge in [0.25, 0.3) is 0 Å². The fraction of sp³-hybridized carbons (Fsp3) is 0.938. The molecule has 0 aromatic rings. The van der Waals surface area contributed by atoms with Crippen LogP contribution >= 0.6 is 0 Å². The Morgan fingerprint density at radius 2 is 1.07 bits per heavy atom. The third-order valence-corrected chi connectivity index (χ3v) is 23.5. The first-order valence-corrected chi connectivity index (χ1v) is 35.1. The maximum absolute atomic E-state index is 12.7. The first-order valence-electron chi connectivity index (χ1n) is 33.7. The van der Waals surface area contributed by atoms with Gasteiger partial charge in [-0.25, -0.2) is 8.42 Å². The Balaban J connectivity index is 0.0000108. The summed E-state index contributed by atoms with van der Waals surface area (Å²) >= 11 is 0. The third-order valence-electron chi connectivity index (χ3n) is 23.0. The molecule has 0 spiro atoms. The smallest absolute Gasteiger partial charge is 0.726 e. The number of allylic oxidation sites excluding steroid dienone is 4. The monoisotopic (exact) mass is 1410 g/mol. The second-order valence-electron chi connectivity index (χ2n) is 29.7. The topological polar surface area (TPSA) is 460 Å². The van der Waals surface area contributed by atoms with Crippen molar-refractivity contribution in [3.63, 3.8) is 0 Å². The minimum Gasteiger partial charge on any atom is -0.726 e. The van der Waals surface area contributed by atoms with Gasteiger partial charge < -0.3 is 133 Å². The Hall–Kier alpha value is -0.690. The molecule has 30 nitrogen and oxygen atoms in total. The Kier molecular flexibility index (Phi) is 25.8. The van der Waals surface area contributed by atoms with Crippen LogP contribution in [-0.4, -0.2) is 287 Å². The summed E-state index contributed by atoms with van der Waals surface area (Å²) in [4.78, 5) is 0. The average molecular weight is 1410 g/mol. The van der Waals surface area contributed by atoms with Gasteiger partial charge in [-0.3, -0.25) is 4.18 Å². The largest absolute Gasteiger partial charge is 1.00 e. The van der Waals surface area contributed by atoms with E-state index >= 15 is 0 Å². The fourth-order valence-electron chi connectivity index (χ4n) is 17.5. The van der Waals surface area contributed by atoms with Crippen LogP contribution in [0, 0.1) is 40.4 Å². The number of hydrogen-bond acceptors (Lipinski definition) is 30. The van der Waals surface area contributed by atoms with E-state index in [0.717, 1.165) is 25.7 Å². The molecule has 548 valence electrons. The molecule has 0 bridgehead atoms. The van der Waals surface area contributed by atoms with E-state index in [9.17, 15) is 84.5 Å². The maximum Gasteiger partial charge on any atom is 1.00 e. The zero-order valence-electron chi connectivity index (χ0n) is 56.7.